The first-order valence-corrected chi connectivity index (χ1v) is 7.55. The Morgan fingerprint density at radius 2 is 1.80 bits per heavy atom. The lowest BCUT2D eigenvalue weighted by Crippen LogP contribution is -2.26. The van der Waals surface area contributed by atoms with Crippen LogP contribution in [-0.2, 0) is 6.54 Å². The molecule has 6 heteroatoms. The van der Waals surface area contributed by atoms with Crippen LogP contribution in [0.3, 0.4) is 0 Å². The van der Waals surface area contributed by atoms with Crippen molar-refractivity contribution in [2.24, 2.45) is 0 Å². The maximum atomic E-state index is 13.9. The summed E-state index contributed by atoms with van der Waals surface area (Å²) in [5.41, 5.74) is 0.411. The van der Waals surface area contributed by atoms with Crippen molar-refractivity contribution in [1.82, 2.24) is 9.88 Å². The van der Waals surface area contributed by atoms with Crippen LogP contribution in [0.5, 0.6) is 0 Å². The van der Waals surface area contributed by atoms with Crippen LogP contribution in [0.15, 0.2) is 71.7 Å². The third kappa shape index (κ3) is 3.80. The summed E-state index contributed by atoms with van der Waals surface area (Å²) in [5.74, 6) is -1.41. The fourth-order valence-electron chi connectivity index (χ4n) is 2.39. The Morgan fingerprint density at radius 3 is 2.56 bits per heavy atom. The molecule has 1 amide bonds. The summed E-state index contributed by atoms with van der Waals surface area (Å²) in [7, 11) is 0. The summed E-state index contributed by atoms with van der Waals surface area (Å²) in [5, 5.41) is 2.64. The van der Waals surface area contributed by atoms with Gasteiger partial charge in [-0.3, -0.25) is 14.2 Å². The van der Waals surface area contributed by atoms with E-state index in [0.717, 1.165) is 4.57 Å². The van der Waals surface area contributed by atoms with E-state index in [4.69, 9.17) is 0 Å². The third-order valence-electron chi connectivity index (χ3n) is 3.63. The lowest BCUT2D eigenvalue weighted by molar-refractivity contribution is 0.0950. The highest BCUT2D eigenvalue weighted by molar-refractivity contribution is 5.93. The molecule has 25 heavy (non-hydrogen) atoms. The first kappa shape index (κ1) is 16.6. The highest BCUT2D eigenvalue weighted by atomic mass is 19.1. The van der Waals surface area contributed by atoms with Crippen molar-refractivity contribution >= 4 is 5.91 Å². The average Bonchev–Trinajstić information content (AvgIpc) is 2.61. The second kappa shape index (κ2) is 7.09. The lowest BCUT2D eigenvalue weighted by Gasteiger charge is -2.10. The van der Waals surface area contributed by atoms with E-state index in [2.05, 4.69) is 5.32 Å². The van der Waals surface area contributed by atoms with E-state index in [1.807, 2.05) is 0 Å². The van der Waals surface area contributed by atoms with Gasteiger partial charge >= 0.3 is 0 Å². The van der Waals surface area contributed by atoms with Crippen molar-refractivity contribution in [3.63, 3.8) is 0 Å². The number of benzene rings is 2. The molecule has 0 spiro atoms. The van der Waals surface area contributed by atoms with E-state index in [-0.39, 0.29) is 23.6 Å². The van der Waals surface area contributed by atoms with Gasteiger partial charge in [0, 0.05) is 18.8 Å². The van der Waals surface area contributed by atoms with Crippen LogP contribution in [-0.4, -0.2) is 10.5 Å². The van der Waals surface area contributed by atoms with E-state index in [1.165, 1.54) is 48.7 Å². The van der Waals surface area contributed by atoms with Crippen molar-refractivity contribution in [3.05, 3.63) is 100.0 Å². The Bertz CT molecular complexity index is 983. The van der Waals surface area contributed by atoms with Gasteiger partial charge in [-0.25, -0.2) is 8.78 Å². The summed E-state index contributed by atoms with van der Waals surface area (Å²) < 4.78 is 28.1. The first-order chi connectivity index (χ1) is 12.0. The predicted octanol–water partition coefficient (Wildman–Crippen LogP) is 3.05. The molecule has 0 aliphatic rings. The number of aromatic nitrogens is 1. The van der Waals surface area contributed by atoms with E-state index >= 15 is 0 Å². The molecule has 0 fully saturated rings. The van der Waals surface area contributed by atoms with Crippen LogP contribution in [0.4, 0.5) is 8.78 Å². The molecule has 0 saturated carbocycles. The molecule has 3 aromatic rings. The van der Waals surface area contributed by atoms with Crippen molar-refractivity contribution < 1.29 is 13.6 Å². The SMILES string of the molecule is O=C(NCc1cccc(F)c1)c1ccc(=O)n(-c2ccccc2F)c1. The fourth-order valence-corrected chi connectivity index (χ4v) is 2.39. The predicted molar refractivity (Wildman–Crippen MR) is 89.6 cm³/mol. The van der Waals surface area contributed by atoms with Gasteiger partial charge in [0.15, 0.2) is 0 Å². The van der Waals surface area contributed by atoms with Gasteiger partial charge in [0.05, 0.1) is 11.3 Å². The maximum absolute atomic E-state index is 13.9. The standard InChI is InChI=1S/C19H14F2N2O2/c20-15-5-3-4-13(10-15)11-22-19(25)14-8-9-18(24)23(12-14)17-7-2-1-6-16(17)21/h1-10,12H,11H2,(H,22,25). The number of amides is 1. The fraction of sp³-hybridized carbons (Fsp3) is 0.0526. The molecule has 0 aliphatic heterocycles. The Kier molecular flexibility index (Phi) is 4.70. The second-order valence-electron chi connectivity index (χ2n) is 5.39. The summed E-state index contributed by atoms with van der Waals surface area (Å²) in [4.78, 5) is 24.3. The normalized spacial score (nSPS) is 10.5. The molecule has 1 aromatic heterocycles. The van der Waals surface area contributed by atoms with Crippen molar-refractivity contribution in [3.8, 4) is 5.69 Å². The van der Waals surface area contributed by atoms with Crippen LogP contribution >= 0.6 is 0 Å². The Hall–Kier alpha value is -3.28. The van der Waals surface area contributed by atoms with Gasteiger partial charge in [-0.1, -0.05) is 24.3 Å². The van der Waals surface area contributed by atoms with Crippen molar-refractivity contribution in [2.45, 2.75) is 6.54 Å². The minimum Gasteiger partial charge on any atom is -0.348 e. The minimum atomic E-state index is -0.568. The molecule has 126 valence electrons. The molecule has 0 bridgehead atoms. The first-order valence-electron chi connectivity index (χ1n) is 7.55. The molecule has 4 nitrogen and oxygen atoms in total. The van der Waals surface area contributed by atoms with Crippen LogP contribution < -0.4 is 10.9 Å². The zero-order valence-electron chi connectivity index (χ0n) is 13.1. The van der Waals surface area contributed by atoms with Crippen molar-refractivity contribution in [1.29, 1.82) is 0 Å². The maximum Gasteiger partial charge on any atom is 0.255 e. The van der Waals surface area contributed by atoms with Crippen LogP contribution in [0, 0.1) is 11.6 Å². The average molecular weight is 340 g/mol. The number of hydrogen-bond donors (Lipinski definition) is 1. The summed E-state index contributed by atoms with van der Waals surface area (Å²) in [6.07, 6.45) is 1.28. The number of carbonyl (C=O) groups excluding carboxylic acids is 1. The largest absolute Gasteiger partial charge is 0.348 e. The van der Waals surface area contributed by atoms with Crippen molar-refractivity contribution in [2.75, 3.05) is 0 Å². The molecule has 3 rings (SSSR count). The van der Waals surface area contributed by atoms with Crippen LogP contribution in [0.25, 0.3) is 5.69 Å². The molecule has 0 unspecified atom stereocenters. The van der Waals surface area contributed by atoms with Crippen LogP contribution in [0.2, 0.25) is 0 Å². The van der Waals surface area contributed by atoms with Gasteiger partial charge in [-0.05, 0) is 35.9 Å². The molecule has 0 radical (unpaired) electrons. The van der Waals surface area contributed by atoms with E-state index in [9.17, 15) is 18.4 Å². The van der Waals surface area contributed by atoms with Gasteiger partial charge < -0.3 is 5.32 Å². The minimum absolute atomic E-state index is 0.0623. The van der Waals surface area contributed by atoms with Crippen LogP contribution in [0.1, 0.15) is 15.9 Å². The van der Waals surface area contributed by atoms with E-state index in [0.29, 0.717) is 5.56 Å². The quantitative estimate of drug-likeness (QED) is 0.794. The smallest absolute Gasteiger partial charge is 0.255 e. The van der Waals surface area contributed by atoms with Gasteiger partial charge in [-0.2, -0.15) is 0 Å². The monoisotopic (exact) mass is 340 g/mol. The molecular weight excluding hydrogens is 326 g/mol. The topological polar surface area (TPSA) is 51.1 Å². The Labute approximate surface area is 142 Å². The van der Waals surface area contributed by atoms with Gasteiger partial charge in [0.2, 0.25) is 0 Å². The zero-order chi connectivity index (χ0) is 17.8. The number of rotatable bonds is 4. The number of para-hydroxylation sites is 1. The number of nitrogens with zero attached hydrogens (tertiary/aromatic N) is 1. The molecular formula is C19H14F2N2O2. The Balaban J connectivity index is 1.83. The third-order valence-corrected chi connectivity index (χ3v) is 3.63. The van der Waals surface area contributed by atoms with E-state index in [1.54, 1.807) is 18.2 Å². The lowest BCUT2D eigenvalue weighted by atomic mass is 10.2. The van der Waals surface area contributed by atoms with E-state index < -0.39 is 17.3 Å². The summed E-state index contributed by atoms with van der Waals surface area (Å²) in [6.45, 7) is 0.134. The number of nitrogens with one attached hydrogen (secondary N) is 1. The highest BCUT2D eigenvalue weighted by Gasteiger charge is 2.11. The van der Waals surface area contributed by atoms with Gasteiger partial charge in [-0.15, -0.1) is 0 Å². The molecule has 0 atom stereocenters. The molecule has 1 N–H and O–H groups in total. The molecule has 0 saturated heterocycles. The second-order valence-corrected chi connectivity index (χ2v) is 5.39. The summed E-state index contributed by atoms with van der Waals surface area (Å²) in [6, 6.07) is 14.2. The summed E-state index contributed by atoms with van der Waals surface area (Å²) >= 11 is 0. The van der Waals surface area contributed by atoms with Gasteiger partial charge in [0.1, 0.15) is 11.6 Å². The zero-order valence-corrected chi connectivity index (χ0v) is 13.1. The Morgan fingerprint density at radius 1 is 1.00 bits per heavy atom. The number of halogens is 2. The molecule has 1 heterocycles. The number of hydrogen-bond acceptors (Lipinski definition) is 2. The highest BCUT2D eigenvalue weighted by Crippen LogP contribution is 2.11. The number of carbonyl (C=O) groups is 1. The van der Waals surface area contributed by atoms with Gasteiger partial charge in [0.25, 0.3) is 11.5 Å². The molecule has 0 aliphatic carbocycles. The number of pyridine rings is 1. The molecule has 2 aromatic carbocycles.